The topological polar surface area (TPSA) is 107 Å². The number of amides is 2. The average molecular weight is 433 g/mol. The van der Waals surface area contributed by atoms with Crippen LogP contribution in [0.4, 0.5) is 18.9 Å². The summed E-state index contributed by atoms with van der Waals surface area (Å²) in [5.74, 6) is -0.702. The zero-order valence-electron chi connectivity index (χ0n) is 16.8. The third-order valence-electron chi connectivity index (χ3n) is 4.76. The van der Waals surface area contributed by atoms with E-state index < -0.39 is 28.9 Å². The van der Waals surface area contributed by atoms with Gasteiger partial charge in [-0.1, -0.05) is 18.7 Å². The highest BCUT2D eigenvalue weighted by molar-refractivity contribution is 5.99. The third-order valence-corrected chi connectivity index (χ3v) is 4.76. The summed E-state index contributed by atoms with van der Waals surface area (Å²) in [5.41, 5.74) is -2.64. The van der Waals surface area contributed by atoms with Gasteiger partial charge >= 0.3 is 6.18 Å². The zero-order chi connectivity index (χ0) is 23.1. The lowest BCUT2D eigenvalue weighted by atomic mass is 9.75. The van der Waals surface area contributed by atoms with Gasteiger partial charge in [-0.3, -0.25) is 9.59 Å². The number of anilines is 1. The molecule has 1 aliphatic rings. The van der Waals surface area contributed by atoms with Crippen LogP contribution < -0.4 is 16.0 Å². The molecule has 1 aliphatic carbocycles. The van der Waals surface area contributed by atoms with Crippen LogP contribution in [-0.4, -0.2) is 29.4 Å². The number of carbonyl (C=O) groups is 2. The number of alkyl halides is 3. The molecule has 1 heterocycles. The molecule has 164 valence electrons. The number of nitriles is 1. The van der Waals surface area contributed by atoms with Gasteiger partial charge in [-0.2, -0.15) is 18.4 Å². The van der Waals surface area contributed by atoms with Gasteiger partial charge < -0.3 is 16.0 Å². The van der Waals surface area contributed by atoms with E-state index in [1.165, 1.54) is 19.2 Å². The van der Waals surface area contributed by atoms with Crippen molar-refractivity contribution in [3.8, 4) is 6.07 Å². The smallest absolute Gasteiger partial charge is 0.371 e. The predicted octanol–water partition coefficient (Wildman–Crippen LogP) is 3.19. The maximum atomic E-state index is 13.2. The van der Waals surface area contributed by atoms with Crippen molar-refractivity contribution in [2.45, 2.75) is 37.4 Å². The fourth-order valence-electron chi connectivity index (χ4n) is 2.97. The van der Waals surface area contributed by atoms with E-state index in [0.717, 1.165) is 12.6 Å². The molecule has 2 amide bonds. The van der Waals surface area contributed by atoms with E-state index in [0.29, 0.717) is 24.6 Å². The normalized spacial score (nSPS) is 15.5. The van der Waals surface area contributed by atoms with Crippen LogP contribution in [0.1, 0.15) is 36.9 Å². The van der Waals surface area contributed by atoms with Gasteiger partial charge in [-0.05, 0) is 37.5 Å². The Hall–Kier alpha value is -3.61. The molecule has 1 aromatic rings. The average Bonchev–Trinajstić information content (AvgIpc) is 2.69. The molecule has 0 unspecified atom stereocenters. The summed E-state index contributed by atoms with van der Waals surface area (Å²) in [6.07, 6.45) is 4.45. The van der Waals surface area contributed by atoms with Crippen LogP contribution >= 0.6 is 0 Å². The summed E-state index contributed by atoms with van der Waals surface area (Å²) < 4.78 is 39.5. The highest BCUT2D eigenvalue weighted by Gasteiger charge is 2.44. The van der Waals surface area contributed by atoms with E-state index in [4.69, 9.17) is 5.26 Å². The van der Waals surface area contributed by atoms with E-state index in [2.05, 4.69) is 27.5 Å². The van der Waals surface area contributed by atoms with Gasteiger partial charge in [0.05, 0.1) is 17.4 Å². The minimum atomic E-state index is -4.78. The summed E-state index contributed by atoms with van der Waals surface area (Å²) in [5, 5.41) is 16.9. The molecule has 31 heavy (non-hydrogen) atoms. The zero-order valence-corrected chi connectivity index (χ0v) is 16.8. The number of rotatable bonds is 8. The molecule has 3 N–H and O–H groups in total. The molecular weight excluding hydrogens is 411 g/mol. The molecule has 0 atom stereocenters. The number of allylic oxidation sites excluding steroid dienone is 3. The molecule has 0 bridgehead atoms. The maximum Gasteiger partial charge on any atom is 0.419 e. The van der Waals surface area contributed by atoms with Crippen molar-refractivity contribution in [2.24, 2.45) is 0 Å². The van der Waals surface area contributed by atoms with E-state index >= 15 is 0 Å². The number of hydrogen-bond acceptors (Lipinski definition) is 5. The Bertz CT molecular complexity index is 957. The lowest BCUT2D eigenvalue weighted by molar-refractivity contribution is -0.138. The lowest BCUT2D eigenvalue weighted by Crippen LogP contribution is -2.58. The van der Waals surface area contributed by atoms with Crippen LogP contribution in [0.2, 0.25) is 0 Å². The van der Waals surface area contributed by atoms with Crippen LogP contribution in [0.15, 0.2) is 48.8 Å². The van der Waals surface area contributed by atoms with Crippen LogP contribution in [0.3, 0.4) is 0 Å². The van der Waals surface area contributed by atoms with Crippen molar-refractivity contribution in [1.82, 2.24) is 15.6 Å². The SMILES string of the molecule is C=C/C=C(\C=C/CC(=O)NC)NC1(C(=O)Nc2cnc(C#N)c(C(F)(F)F)c2)CCC1. The second-order valence-corrected chi connectivity index (χ2v) is 6.88. The summed E-state index contributed by atoms with van der Waals surface area (Å²) in [7, 11) is 1.52. The highest BCUT2D eigenvalue weighted by Crippen LogP contribution is 2.36. The van der Waals surface area contributed by atoms with Gasteiger partial charge in [0.1, 0.15) is 11.6 Å². The lowest BCUT2D eigenvalue weighted by Gasteiger charge is -2.42. The Morgan fingerprint density at radius 3 is 2.61 bits per heavy atom. The Morgan fingerprint density at radius 1 is 1.39 bits per heavy atom. The van der Waals surface area contributed by atoms with Crippen molar-refractivity contribution in [1.29, 1.82) is 5.26 Å². The Kier molecular flexibility index (Phi) is 7.58. The van der Waals surface area contributed by atoms with Crippen molar-refractivity contribution in [3.05, 3.63) is 60.1 Å². The summed E-state index contributed by atoms with van der Waals surface area (Å²) in [6.45, 7) is 3.62. The standard InChI is InChI=1S/C21H22F3N5O2/c1-3-6-14(7-4-8-18(30)26-2)29-20(9-5-10-20)19(31)28-15-11-16(21(22,23)24)17(12-25)27-13-15/h3-4,6-7,11,13,29H,1,5,8-10H2,2H3,(H,26,30)(H,28,31)/b7-4-,14-6+. The number of nitrogens with one attached hydrogen (secondary N) is 3. The van der Waals surface area contributed by atoms with Crippen LogP contribution in [-0.2, 0) is 15.8 Å². The molecule has 10 heteroatoms. The fraction of sp³-hybridized carbons (Fsp3) is 0.333. The van der Waals surface area contributed by atoms with Gasteiger partial charge in [-0.25, -0.2) is 4.98 Å². The molecule has 0 aliphatic heterocycles. The minimum Gasteiger partial charge on any atom is -0.371 e. The van der Waals surface area contributed by atoms with E-state index in [9.17, 15) is 22.8 Å². The van der Waals surface area contributed by atoms with E-state index in [1.807, 2.05) is 0 Å². The molecule has 0 spiro atoms. The quantitative estimate of drug-likeness (QED) is 0.546. The number of pyridine rings is 1. The number of carbonyl (C=O) groups excluding carboxylic acids is 2. The highest BCUT2D eigenvalue weighted by atomic mass is 19.4. The molecule has 1 fully saturated rings. The number of nitrogens with zero attached hydrogens (tertiary/aromatic N) is 2. The molecule has 0 radical (unpaired) electrons. The second kappa shape index (κ2) is 9.93. The van der Waals surface area contributed by atoms with Gasteiger partial charge in [0.25, 0.3) is 0 Å². The van der Waals surface area contributed by atoms with E-state index in [1.54, 1.807) is 18.2 Å². The van der Waals surface area contributed by atoms with Gasteiger partial charge in [0.2, 0.25) is 11.8 Å². The number of hydrogen-bond donors (Lipinski definition) is 3. The van der Waals surface area contributed by atoms with Crippen molar-refractivity contribution in [3.63, 3.8) is 0 Å². The molecule has 0 aromatic carbocycles. The largest absolute Gasteiger partial charge is 0.419 e. The third kappa shape index (κ3) is 5.94. The molecular formula is C21H22F3N5O2. The number of halogens is 3. The summed E-state index contributed by atoms with van der Waals surface area (Å²) in [6, 6.07) is 2.09. The first-order chi connectivity index (χ1) is 14.6. The Morgan fingerprint density at radius 2 is 2.10 bits per heavy atom. The fourth-order valence-corrected chi connectivity index (χ4v) is 2.97. The van der Waals surface area contributed by atoms with Gasteiger partial charge in [-0.15, -0.1) is 0 Å². The van der Waals surface area contributed by atoms with Gasteiger partial charge in [0.15, 0.2) is 5.69 Å². The van der Waals surface area contributed by atoms with Crippen LogP contribution in [0.5, 0.6) is 0 Å². The van der Waals surface area contributed by atoms with Gasteiger partial charge in [0, 0.05) is 19.2 Å². The predicted molar refractivity (Wildman–Crippen MR) is 108 cm³/mol. The minimum absolute atomic E-state index is 0.142. The Labute approximate surface area is 177 Å². The summed E-state index contributed by atoms with van der Waals surface area (Å²) in [4.78, 5) is 27.8. The van der Waals surface area contributed by atoms with Crippen molar-refractivity contribution in [2.75, 3.05) is 12.4 Å². The van der Waals surface area contributed by atoms with Crippen molar-refractivity contribution >= 4 is 17.5 Å². The summed E-state index contributed by atoms with van der Waals surface area (Å²) >= 11 is 0. The first-order valence-corrected chi connectivity index (χ1v) is 9.42. The molecule has 2 rings (SSSR count). The first kappa shape index (κ1) is 23.7. The van der Waals surface area contributed by atoms with Crippen LogP contribution in [0, 0.1) is 11.3 Å². The number of aromatic nitrogens is 1. The molecule has 0 saturated heterocycles. The van der Waals surface area contributed by atoms with E-state index in [-0.39, 0.29) is 18.0 Å². The Balaban J connectivity index is 2.20. The van der Waals surface area contributed by atoms with Crippen LogP contribution in [0.25, 0.3) is 0 Å². The van der Waals surface area contributed by atoms with Crippen molar-refractivity contribution < 1.29 is 22.8 Å². The molecule has 1 aromatic heterocycles. The first-order valence-electron chi connectivity index (χ1n) is 9.42. The molecule has 7 nitrogen and oxygen atoms in total. The maximum absolute atomic E-state index is 13.2. The second-order valence-electron chi connectivity index (χ2n) is 6.88. The molecule has 1 saturated carbocycles. The monoisotopic (exact) mass is 433 g/mol.